The molecule has 0 aromatic heterocycles. The third-order valence-corrected chi connectivity index (χ3v) is 4.72. The summed E-state index contributed by atoms with van der Waals surface area (Å²) >= 11 is 0. The molecular weight excluding hydrogens is 346 g/mol. The number of carbonyl (C=O) groups is 1. The van der Waals surface area contributed by atoms with Crippen LogP contribution in [0.2, 0.25) is 0 Å². The van der Waals surface area contributed by atoms with Gasteiger partial charge < -0.3 is 18.9 Å². The number of hydrogen-bond acceptors (Lipinski definition) is 6. The molecular formula is C21H17NO5. The zero-order chi connectivity index (χ0) is 18.4. The summed E-state index contributed by atoms with van der Waals surface area (Å²) in [5.41, 5.74) is 2.66. The number of aliphatic imine (C=N–C) groups is 1. The molecule has 0 aliphatic carbocycles. The highest BCUT2D eigenvalue weighted by molar-refractivity contribution is 6.55. The Kier molecular flexibility index (Phi) is 3.63. The summed E-state index contributed by atoms with van der Waals surface area (Å²) in [5.74, 6) is 2.30. The third kappa shape index (κ3) is 2.48. The van der Waals surface area contributed by atoms with E-state index in [4.69, 9.17) is 18.9 Å². The lowest BCUT2D eigenvalue weighted by Gasteiger charge is -2.19. The average Bonchev–Trinajstić information content (AvgIpc) is 3.24. The first kappa shape index (κ1) is 15.9. The predicted octanol–water partition coefficient (Wildman–Crippen LogP) is 3.32. The van der Waals surface area contributed by atoms with Gasteiger partial charge in [-0.1, -0.05) is 24.3 Å². The van der Waals surface area contributed by atoms with Crippen LogP contribution in [-0.4, -0.2) is 31.5 Å². The molecule has 1 unspecified atom stereocenters. The van der Waals surface area contributed by atoms with Crippen molar-refractivity contribution in [3.63, 3.8) is 0 Å². The largest absolute Gasteiger partial charge is 0.486 e. The van der Waals surface area contributed by atoms with E-state index < -0.39 is 5.97 Å². The predicted molar refractivity (Wildman–Crippen MR) is 98.2 cm³/mol. The van der Waals surface area contributed by atoms with Crippen molar-refractivity contribution in [2.24, 2.45) is 4.99 Å². The summed E-state index contributed by atoms with van der Waals surface area (Å²) in [6.07, 6.45) is 0. The smallest absolute Gasteiger partial charge is 0.357 e. The van der Waals surface area contributed by atoms with Gasteiger partial charge in [-0.25, -0.2) is 4.79 Å². The first-order valence-corrected chi connectivity index (χ1v) is 8.92. The molecule has 0 N–H and O–H groups in total. The molecule has 0 fully saturated rings. The molecule has 27 heavy (non-hydrogen) atoms. The van der Waals surface area contributed by atoms with E-state index in [0.717, 1.165) is 16.9 Å². The number of hydrogen-bond donors (Lipinski definition) is 0. The molecule has 0 amide bonds. The molecule has 3 aliphatic heterocycles. The van der Waals surface area contributed by atoms with Crippen LogP contribution in [0.1, 0.15) is 24.1 Å². The SMILES string of the molecule is CCOC(=O)C1=NC2C(=C1c1ccc3c(c1)OCCO3)Oc1ccccc12. The van der Waals surface area contributed by atoms with E-state index in [0.29, 0.717) is 36.0 Å². The number of benzene rings is 2. The number of esters is 1. The number of nitrogens with zero attached hydrogens (tertiary/aromatic N) is 1. The topological polar surface area (TPSA) is 66.4 Å². The minimum absolute atomic E-state index is 0.281. The number of para-hydroxylation sites is 1. The van der Waals surface area contributed by atoms with Gasteiger partial charge in [-0.15, -0.1) is 0 Å². The van der Waals surface area contributed by atoms with Crippen LogP contribution in [0.3, 0.4) is 0 Å². The van der Waals surface area contributed by atoms with Crippen LogP contribution >= 0.6 is 0 Å². The van der Waals surface area contributed by atoms with Crippen LogP contribution in [0.25, 0.3) is 5.57 Å². The van der Waals surface area contributed by atoms with Gasteiger partial charge in [-0.05, 0) is 30.7 Å². The van der Waals surface area contributed by atoms with E-state index in [9.17, 15) is 4.79 Å². The molecule has 0 saturated heterocycles. The lowest BCUT2D eigenvalue weighted by atomic mass is 9.98. The third-order valence-electron chi connectivity index (χ3n) is 4.72. The lowest BCUT2D eigenvalue weighted by Crippen LogP contribution is -2.19. The zero-order valence-corrected chi connectivity index (χ0v) is 14.7. The normalized spacial score (nSPS) is 19.1. The first-order chi connectivity index (χ1) is 13.3. The van der Waals surface area contributed by atoms with Gasteiger partial charge in [0.2, 0.25) is 0 Å². The molecule has 3 aliphatic rings. The lowest BCUT2D eigenvalue weighted by molar-refractivity contribution is -0.134. The standard InChI is InChI=1S/C21H17NO5/c1-2-24-21(23)19-17(12-7-8-15-16(11-12)26-10-9-25-15)20-18(22-19)13-5-3-4-6-14(13)27-20/h3-8,11,18H,2,9-10H2,1H3. The summed E-state index contributed by atoms with van der Waals surface area (Å²) in [5, 5.41) is 0. The van der Waals surface area contributed by atoms with E-state index >= 15 is 0 Å². The highest BCUT2D eigenvalue weighted by Gasteiger charge is 2.41. The minimum Gasteiger partial charge on any atom is -0.486 e. The highest BCUT2D eigenvalue weighted by Crippen LogP contribution is 2.49. The summed E-state index contributed by atoms with van der Waals surface area (Å²) in [7, 11) is 0. The first-order valence-electron chi connectivity index (χ1n) is 8.92. The monoisotopic (exact) mass is 363 g/mol. The maximum Gasteiger partial charge on any atom is 0.357 e. The van der Waals surface area contributed by atoms with Gasteiger partial charge in [0.1, 0.15) is 30.8 Å². The molecule has 0 saturated carbocycles. The Hall–Kier alpha value is -3.28. The van der Waals surface area contributed by atoms with Crippen LogP contribution in [0.15, 0.2) is 53.2 Å². The Labute approximate surface area is 156 Å². The van der Waals surface area contributed by atoms with Crippen molar-refractivity contribution in [3.05, 3.63) is 59.4 Å². The molecule has 0 radical (unpaired) electrons. The van der Waals surface area contributed by atoms with Gasteiger partial charge in [0.15, 0.2) is 17.2 Å². The second-order valence-electron chi connectivity index (χ2n) is 6.34. The van der Waals surface area contributed by atoms with Crippen molar-refractivity contribution in [2.45, 2.75) is 13.0 Å². The van der Waals surface area contributed by atoms with E-state index in [2.05, 4.69) is 4.99 Å². The van der Waals surface area contributed by atoms with Crippen molar-refractivity contribution in [1.82, 2.24) is 0 Å². The van der Waals surface area contributed by atoms with E-state index in [1.54, 1.807) is 6.92 Å². The Balaban J connectivity index is 1.65. The van der Waals surface area contributed by atoms with Crippen molar-refractivity contribution >= 4 is 17.3 Å². The van der Waals surface area contributed by atoms with E-state index in [1.165, 1.54) is 0 Å². The molecule has 136 valence electrons. The fourth-order valence-electron chi connectivity index (χ4n) is 3.57. The van der Waals surface area contributed by atoms with Crippen molar-refractivity contribution in [3.8, 4) is 17.2 Å². The van der Waals surface area contributed by atoms with Gasteiger partial charge in [0.25, 0.3) is 0 Å². The van der Waals surface area contributed by atoms with E-state index in [-0.39, 0.29) is 18.4 Å². The van der Waals surface area contributed by atoms with Crippen LogP contribution in [0, 0.1) is 0 Å². The fourth-order valence-corrected chi connectivity index (χ4v) is 3.57. The molecule has 2 aromatic carbocycles. The summed E-state index contributed by atoms with van der Waals surface area (Å²) < 4.78 is 22.6. The van der Waals surface area contributed by atoms with Gasteiger partial charge in [-0.2, -0.15) is 0 Å². The second-order valence-corrected chi connectivity index (χ2v) is 6.34. The maximum atomic E-state index is 12.6. The fraction of sp³-hybridized carbons (Fsp3) is 0.238. The van der Waals surface area contributed by atoms with E-state index in [1.807, 2.05) is 42.5 Å². The molecule has 0 spiro atoms. The highest BCUT2D eigenvalue weighted by atomic mass is 16.6. The van der Waals surface area contributed by atoms with Gasteiger partial charge in [0, 0.05) is 5.56 Å². The average molecular weight is 363 g/mol. The summed E-state index contributed by atoms with van der Waals surface area (Å²) in [4.78, 5) is 17.2. The molecule has 2 aromatic rings. The van der Waals surface area contributed by atoms with Crippen LogP contribution < -0.4 is 14.2 Å². The number of rotatable bonds is 3. The Bertz CT molecular complexity index is 1010. The van der Waals surface area contributed by atoms with Crippen LogP contribution in [0.5, 0.6) is 17.2 Å². The Morgan fingerprint density at radius 3 is 2.78 bits per heavy atom. The van der Waals surface area contributed by atoms with Gasteiger partial charge in [0.05, 0.1) is 12.2 Å². The molecule has 1 atom stereocenters. The summed E-state index contributed by atoms with van der Waals surface area (Å²) in [6.45, 7) is 3.07. The quantitative estimate of drug-likeness (QED) is 0.783. The minimum atomic E-state index is -0.453. The Morgan fingerprint density at radius 1 is 1.11 bits per heavy atom. The van der Waals surface area contributed by atoms with Crippen LogP contribution in [0.4, 0.5) is 0 Å². The van der Waals surface area contributed by atoms with Crippen molar-refractivity contribution in [1.29, 1.82) is 0 Å². The maximum absolute atomic E-state index is 12.6. The van der Waals surface area contributed by atoms with Gasteiger partial charge in [-0.3, -0.25) is 4.99 Å². The number of ether oxygens (including phenoxy) is 4. The zero-order valence-electron chi connectivity index (χ0n) is 14.7. The summed E-state index contributed by atoms with van der Waals surface area (Å²) in [6, 6.07) is 13.0. The van der Waals surface area contributed by atoms with Gasteiger partial charge >= 0.3 is 5.97 Å². The Morgan fingerprint density at radius 2 is 1.93 bits per heavy atom. The molecule has 0 bridgehead atoms. The van der Waals surface area contributed by atoms with Crippen molar-refractivity contribution < 1.29 is 23.7 Å². The van der Waals surface area contributed by atoms with Crippen molar-refractivity contribution in [2.75, 3.05) is 19.8 Å². The number of fused-ring (bicyclic) bond motifs is 4. The molecule has 3 heterocycles. The second kappa shape index (κ2) is 6.16. The molecule has 6 heteroatoms. The number of carbonyl (C=O) groups excluding carboxylic acids is 1. The van der Waals surface area contributed by atoms with Crippen LogP contribution in [-0.2, 0) is 9.53 Å². The molecule has 6 nitrogen and oxygen atoms in total. The molecule has 5 rings (SSSR count).